The third kappa shape index (κ3) is 4.12. The van der Waals surface area contributed by atoms with E-state index in [9.17, 15) is 0 Å². The van der Waals surface area contributed by atoms with Gasteiger partial charge in [-0.3, -0.25) is 0 Å². The number of aliphatic hydroxyl groups is 2. The molecule has 2 N–H and O–H groups in total. The van der Waals surface area contributed by atoms with Crippen molar-refractivity contribution in [1.29, 1.82) is 0 Å². The van der Waals surface area contributed by atoms with Crippen LogP contribution in [0.1, 0.15) is 24.8 Å². The van der Waals surface area contributed by atoms with Crippen LogP contribution < -0.4 is 4.90 Å². The van der Waals surface area contributed by atoms with E-state index in [0.29, 0.717) is 5.95 Å². The van der Waals surface area contributed by atoms with E-state index < -0.39 is 0 Å². The number of hydrogen-bond acceptors (Lipinski definition) is 5. The molecule has 0 radical (unpaired) electrons. The summed E-state index contributed by atoms with van der Waals surface area (Å²) in [5.74, 6) is 0.668. The van der Waals surface area contributed by atoms with Gasteiger partial charge in [0.1, 0.15) is 0 Å². The summed E-state index contributed by atoms with van der Waals surface area (Å²) in [5, 5.41) is 17.5. The molecule has 1 rings (SSSR count). The first-order chi connectivity index (χ1) is 7.77. The van der Waals surface area contributed by atoms with E-state index in [2.05, 4.69) is 9.97 Å². The van der Waals surface area contributed by atoms with Gasteiger partial charge in [-0.15, -0.1) is 0 Å². The third-order valence-electron chi connectivity index (χ3n) is 2.37. The van der Waals surface area contributed by atoms with Gasteiger partial charge in [0.2, 0.25) is 5.95 Å². The molecule has 1 heterocycles. The normalized spacial score (nSPS) is 10.4. The Morgan fingerprint density at radius 3 is 2.38 bits per heavy atom. The fraction of sp³-hybridized carbons (Fsp3) is 0.636. The van der Waals surface area contributed by atoms with Crippen molar-refractivity contribution in [1.82, 2.24) is 9.97 Å². The second kappa shape index (κ2) is 7.14. The molecule has 0 aromatic carbocycles. The molecule has 16 heavy (non-hydrogen) atoms. The van der Waals surface area contributed by atoms with Gasteiger partial charge < -0.3 is 15.1 Å². The first kappa shape index (κ1) is 12.9. The van der Waals surface area contributed by atoms with Crippen LogP contribution in [0.4, 0.5) is 5.95 Å². The zero-order chi connectivity index (χ0) is 11.8. The Morgan fingerprint density at radius 2 is 1.81 bits per heavy atom. The van der Waals surface area contributed by atoms with E-state index in [4.69, 9.17) is 10.2 Å². The first-order valence-corrected chi connectivity index (χ1v) is 5.51. The molecule has 5 nitrogen and oxygen atoms in total. The summed E-state index contributed by atoms with van der Waals surface area (Å²) in [7, 11) is 1.94. The Bertz CT molecular complexity index is 290. The van der Waals surface area contributed by atoms with Crippen LogP contribution in [0.2, 0.25) is 0 Å². The van der Waals surface area contributed by atoms with E-state index in [1.54, 1.807) is 12.4 Å². The molecule has 0 bridgehead atoms. The fourth-order valence-electron chi connectivity index (χ4n) is 1.36. The minimum absolute atomic E-state index is 0.0273. The maximum Gasteiger partial charge on any atom is 0.224 e. The average Bonchev–Trinajstić information content (AvgIpc) is 2.34. The maximum atomic E-state index is 8.85. The molecular weight excluding hydrogens is 206 g/mol. The summed E-state index contributed by atoms with van der Waals surface area (Å²) in [5.41, 5.74) is 0.720. The quantitative estimate of drug-likeness (QED) is 0.664. The van der Waals surface area contributed by atoms with Gasteiger partial charge in [0.05, 0.1) is 6.61 Å². The highest BCUT2D eigenvalue weighted by Gasteiger charge is 2.03. The summed E-state index contributed by atoms with van der Waals surface area (Å²) in [4.78, 5) is 10.3. The lowest BCUT2D eigenvalue weighted by atomic mass is 10.2. The molecule has 1 aromatic heterocycles. The lowest BCUT2D eigenvalue weighted by molar-refractivity contribution is 0.281. The molecule has 0 fully saturated rings. The number of aliphatic hydroxyl groups excluding tert-OH is 2. The Balaban J connectivity index is 2.37. The molecule has 90 valence electrons. The van der Waals surface area contributed by atoms with Crippen LogP contribution in [0, 0.1) is 0 Å². The molecule has 0 atom stereocenters. The predicted octanol–water partition coefficient (Wildman–Crippen LogP) is 0.568. The van der Waals surface area contributed by atoms with E-state index in [0.717, 1.165) is 31.4 Å². The van der Waals surface area contributed by atoms with E-state index in [1.807, 2.05) is 11.9 Å². The molecule has 5 heteroatoms. The van der Waals surface area contributed by atoms with Crippen molar-refractivity contribution < 1.29 is 10.2 Å². The molecule has 1 aromatic rings. The van der Waals surface area contributed by atoms with Gasteiger partial charge in [-0.05, 0) is 19.3 Å². The van der Waals surface area contributed by atoms with Crippen LogP contribution in [0.5, 0.6) is 0 Å². The number of unbranched alkanes of at least 4 members (excludes halogenated alkanes) is 2. The number of rotatable bonds is 7. The maximum absolute atomic E-state index is 8.85. The molecule has 0 saturated carbocycles. The van der Waals surface area contributed by atoms with E-state index in [-0.39, 0.29) is 13.2 Å². The monoisotopic (exact) mass is 225 g/mol. The van der Waals surface area contributed by atoms with E-state index in [1.165, 1.54) is 0 Å². The van der Waals surface area contributed by atoms with Gasteiger partial charge in [0, 0.05) is 38.2 Å². The van der Waals surface area contributed by atoms with Crippen molar-refractivity contribution >= 4 is 5.95 Å². The lowest BCUT2D eigenvalue weighted by Crippen LogP contribution is -2.21. The molecule has 0 amide bonds. The van der Waals surface area contributed by atoms with Crippen molar-refractivity contribution in [3.63, 3.8) is 0 Å². The van der Waals surface area contributed by atoms with Crippen molar-refractivity contribution in [2.75, 3.05) is 25.1 Å². The van der Waals surface area contributed by atoms with Gasteiger partial charge in [0.25, 0.3) is 0 Å². The van der Waals surface area contributed by atoms with Crippen LogP contribution >= 0.6 is 0 Å². The second-order valence-corrected chi connectivity index (χ2v) is 3.76. The standard InChI is InChI=1S/C11H19N3O2/c1-14(5-3-2-4-6-15)11-12-7-10(9-16)8-13-11/h7-8,15-16H,2-6,9H2,1H3. The minimum atomic E-state index is -0.0273. The van der Waals surface area contributed by atoms with Gasteiger partial charge in [-0.25, -0.2) is 9.97 Å². The van der Waals surface area contributed by atoms with Crippen LogP contribution in [-0.4, -0.2) is 40.4 Å². The minimum Gasteiger partial charge on any atom is -0.396 e. The van der Waals surface area contributed by atoms with Gasteiger partial charge in [0.15, 0.2) is 0 Å². The largest absolute Gasteiger partial charge is 0.396 e. The molecule has 0 spiro atoms. The Hall–Kier alpha value is -1.20. The Morgan fingerprint density at radius 1 is 1.12 bits per heavy atom. The number of hydrogen-bond donors (Lipinski definition) is 2. The lowest BCUT2D eigenvalue weighted by Gasteiger charge is -2.16. The first-order valence-electron chi connectivity index (χ1n) is 5.51. The summed E-state index contributed by atoms with van der Waals surface area (Å²) in [6.45, 7) is 1.10. The van der Waals surface area contributed by atoms with Gasteiger partial charge >= 0.3 is 0 Å². The van der Waals surface area contributed by atoms with Crippen molar-refractivity contribution in [3.8, 4) is 0 Å². The molecule has 0 aliphatic heterocycles. The zero-order valence-electron chi connectivity index (χ0n) is 9.63. The molecule has 0 aliphatic rings. The molecule has 0 aliphatic carbocycles. The van der Waals surface area contributed by atoms with Crippen LogP contribution in [0.15, 0.2) is 12.4 Å². The summed E-state index contributed by atoms with van der Waals surface area (Å²) < 4.78 is 0. The highest BCUT2D eigenvalue weighted by atomic mass is 16.3. The van der Waals surface area contributed by atoms with Gasteiger partial charge in [-0.2, -0.15) is 0 Å². The SMILES string of the molecule is CN(CCCCCO)c1ncc(CO)cn1. The Kier molecular flexibility index (Phi) is 5.74. The van der Waals surface area contributed by atoms with Crippen molar-refractivity contribution in [3.05, 3.63) is 18.0 Å². The number of aromatic nitrogens is 2. The average molecular weight is 225 g/mol. The third-order valence-corrected chi connectivity index (χ3v) is 2.37. The highest BCUT2D eigenvalue weighted by molar-refractivity contribution is 5.27. The van der Waals surface area contributed by atoms with Gasteiger partial charge in [-0.1, -0.05) is 0 Å². The summed E-state index contributed by atoms with van der Waals surface area (Å²) >= 11 is 0. The van der Waals surface area contributed by atoms with Crippen molar-refractivity contribution in [2.24, 2.45) is 0 Å². The topological polar surface area (TPSA) is 69.5 Å². The molecular formula is C11H19N3O2. The fourth-order valence-corrected chi connectivity index (χ4v) is 1.36. The van der Waals surface area contributed by atoms with Crippen LogP contribution in [-0.2, 0) is 6.61 Å². The zero-order valence-corrected chi connectivity index (χ0v) is 9.63. The highest BCUT2D eigenvalue weighted by Crippen LogP contribution is 2.06. The van der Waals surface area contributed by atoms with Crippen LogP contribution in [0.3, 0.4) is 0 Å². The predicted molar refractivity (Wildman–Crippen MR) is 62.2 cm³/mol. The molecule has 0 unspecified atom stereocenters. The summed E-state index contributed by atoms with van der Waals surface area (Å²) in [6.07, 6.45) is 6.13. The molecule has 0 saturated heterocycles. The van der Waals surface area contributed by atoms with E-state index >= 15 is 0 Å². The number of nitrogens with zero attached hydrogens (tertiary/aromatic N) is 3. The summed E-state index contributed by atoms with van der Waals surface area (Å²) in [6, 6.07) is 0. The smallest absolute Gasteiger partial charge is 0.224 e. The van der Waals surface area contributed by atoms with Crippen molar-refractivity contribution in [2.45, 2.75) is 25.9 Å². The van der Waals surface area contributed by atoms with Crippen LogP contribution in [0.25, 0.3) is 0 Å². The number of anilines is 1. The second-order valence-electron chi connectivity index (χ2n) is 3.76. The Labute approximate surface area is 95.8 Å².